The number of fused-ring (bicyclic) bond motifs is 3. The summed E-state index contributed by atoms with van der Waals surface area (Å²) in [6.45, 7) is 1.42. The number of carboxylic acid groups (broad SMARTS) is 1. The molecule has 2 fully saturated rings. The molecular formula is C26H29NO6. The van der Waals surface area contributed by atoms with Gasteiger partial charge in [-0.05, 0) is 47.9 Å². The van der Waals surface area contributed by atoms with Gasteiger partial charge in [0.2, 0.25) is 0 Å². The first-order chi connectivity index (χ1) is 16.0. The van der Waals surface area contributed by atoms with Gasteiger partial charge in [0.15, 0.2) is 0 Å². The molecule has 33 heavy (non-hydrogen) atoms. The third-order valence-electron chi connectivity index (χ3n) is 7.83. The van der Waals surface area contributed by atoms with E-state index >= 15 is 0 Å². The predicted molar refractivity (Wildman–Crippen MR) is 121 cm³/mol. The number of hydrogen-bond acceptors (Lipinski definition) is 5. The monoisotopic (exact) mass is 451 g/mol. The highest BCUT2D eigenvalue weighted by Gasteiger charge is 2.57. The van der Waals surface area contributed by atoms with Gasteiger partial charge < -0.3 is 24.6 Å². The van der Waals surface area contributed by atoms with E-state index in [4.69, 9.17) is 9.47 Å². The second kappa shape index (κ2) is 8.47. The first-order valence-corrected chi connectivity index (χ1v) is 11.6. The molecule has 7 heteroatoms. The van der Waals surface area contributed by atoms with Crippen molar-refractivity contribution in [3.63, 3.8) is 0 Å². The van der Waals surface area contributed by atoms with Crippen LogP contribution in [0.2, 0.25) is 0 Å². The molecule has 5 rings (SSSR count). The number of carboxylic acids is 1. The van der Waals surface area contributed by atoms with E-state index in [9.17, 15) is 19.8 Å². The number of carbonyl (C=O) groups is 2. The van der Waals surface area contributed by atoms with Crippen LogP contribution in [0, 0.1) is 5.41 Å². The van der Waals surface area contributed by atoms with E-state index in [1.165, 1.54) is 11.1 Å². The second-order valence-electron chi connectivity index (χ2n) is 9.32. The lowest BCUT2D eigenvalue weighted by Crippen LogP contribution is -2.60. The zero-order chi connectivity index (χ0) is 23.1. The van der Waals surface area contributed by atoms with Gasteiger partial charge in [-0.3, -0.25) is 4.79 Å². The fraction of sp³-hybridized carbons (Fsp3) is 0.462. The third kappa shape index (κ3) is 3.60. The SMILES string of the molecule is O=C(OCC1c2ccccc2-c2ccccc21)N1CCC(O)(C2(C(=O)O)CCOCC2)CC1. The number of carbonyl (C=O) groups excluding carboxylic acids is 1. The summed E-state index contributed by atoms with van der Waals surface area (Å²) < 4.78 is 11.1. The Morgan fingerprint density at radius 2 is 1.48 bits per heavy atom. The Balaban J connectivity index is 1.24. The van der Waals surface area contributed by atoms with Crippen molar-refractivity contribution in [2.45, 2.75) is 37.2 Å². The van der Waals surface area contributed by atoms with Crippen LogP contribution >= 0.6 is 0 Å². The van der Waals surface area contributed by atoms with Gasteiger partial charge in [-0.15, -0.1) is 0 Å². The number of piperidine rings is 1. The Labute approximate surface area is 192 Å². The quantitative estimate of drug-likeness (QED) is 0.737. The number of nitrogens with zero attached hydrogens (tertiary/aromatic N) is 1. The Hall–Kier alpha value is -2.90. The smallest absolute Gasteiger partial charge is 0.409 e. The molecule has 0 unspecified atom stereocenters. The van der Waals surface area contributed by atoms with Crippen LogP contribution in [0.25, 0.3) is 11.1 Å². The minimum absolute atomic E-state index is 0.0133. The fourth-order valence-corrected chi connectivity index (χ4v) is 5.82. The van der Waals surface area contributed by atoms with Crippen molar-refractivity contribution >= 4 is 12.1 Å². The first kappa shape index (κ1) is 21.9. The highest BCUT2D eigenvalue weighted by Crippen LogP contribution is 2.47. The summed E-state index contributed by atoms with van der Waals surface area (Å²) in [5.74, 6) is -0.997. The van der Waals surface area contributed by atoms with Crippen molar-refractivity contribution in [2.75, 3.05) is 32.9 Å². The normalized spacial score (nSPS) is 21.2. The van der Waals surface area contributed by atoms with Gasteiger partial charge >= 0.3 is 12.1 Å². The molecule has 0 bridgehead atoms. The predicted octanol–water partition coefficient (Wildman–Crippen LogP) is 3.64. The molecule has 0 atom stereocenters. The molecule has 1 aliphatic carbocycles. The van der Waals surface area contributed by atoms with E-state index < -0.39 is 23.1 Å². The van der Waals surface area contributed by atoms with Crippen molar-refractivity contribution in [3.8, 4) is 11.1 Å². The molecule has 174 valence electrons. The number of ether oxygens (including phenoxy) is 2. The molecule has 0 radical (unpaired) electrons. The van der Waals surface area contributed by atoms with E-state index in [-0.39, 0.29) is 51.3 Å². The lowest BCUT2D eigenvalue weighted by molar-refractivity contribution is -0.192. The van der Waals surface area contributed by atoms with Crippen LogP contribution in [0.4, 0.5) is 4.79 Å². The summed E-state index contributed by atoms with van der Waals surface area (Å²) in [6.07, 6.45) is 0.566. The van der Waals surface area contributed by atoms with E-state index in [0.717, 1.165) is 11.1 Å². The molecule has 2 N–H and O–H groups in total. The van der Waals surface area contributed by atoms with Gasteiger partial charge in [0.05, 0.1) is 5.60 Å². The van der Waals surface area contributed by atoms with E-state index in [0.29, 0.717) is 13.2 Å². The standard InChI is InChI=1S/C26H29NO6/c28-23(29)25(11-15-32-16-12-25)26(31)9-13-27(14-10-26)24(30)33-17-22-20-7-3-1-5-18(20)19-6-2-4-8-21(19)22/h1-8,22,31H,9-17H2,(H,28,29). The summed E-state index contributed by atoms with van der Waals surface area (Å²) in [5, 5.41) is 21.2. The van der Waals surface area contributed by atoms with Crippen molar-refractivity contribution in [2.24, 2.45) is 5.41 Å². The average molecular weight is 452 g/mol. The van der Waals surface area contributed by atoms with Crippen LogP contribution in [0.5, 0.6) is 0 Å². The highest BCUT2D eigenvalue weighted by molar-refractivity contribution is 5.79. The van der Waals surface area contributed by atoms with Crippen LogP contribution < -0.4 is 0 Å². The summed E-state index contributed by atoms with van der Waals surface area (Å²) in [5.41, 5.74) is 2.08. The Morgan fingerprint density at radius 3 is 2.03 bits per heavy atom. The third-order valence-corrected chi connectivity index (χ3v) is 7.83. The minimum atomic E-state index is -1.36. The van der Waals surface area contributed by atoms with Gasteiger partial charge in [-0.2, -0.15) is 0 Å². The molecule has 2 heterocycles. The molecule has 7 nitrogen and oxygen atoms in total. The van der Waals surface area contributed by atoms with Crippen LogP contribution in [0.3, 0.4) is 0 Å². The van der Waals surface area contributed by atoms with Crippen LogP contribution in [-0.2, 0) is 14.3 Å². The number of likely N-dealkylation sites (tertiary alicyclic amines) is 1. The molecule has 2 saturated heterocycles. The Kier molecular flexibility index (Phi) is 5.62. The maximum Gasteiger partial charge on any atom is 0.409 e. The first-order valence-electron chi connectivity index (χ1n) is 11.6. The summed E-state index contributed by atoms with van der Waals surface area (Å²) in [6, 6.07) is 16.4. The van der Waals surface area contributed by atoms with Gasteiger partial charge in [-0.25, -0.2) is 4.79 Å². The molecule has 0 saturated carbocycles. The maximum atomic E-state index is 12.9. The van der Waals surface area contributed by atoms with E-state index in [1.54, 1.807) is 4.90 Å². The zero-order valence-corrected chi connectivity index (χ0v) is 18.5. The van der Waals surface area contributed by atoms with E-state index in [2.05, 4.69) is 24.3 Å². The Bertz CT molecular complexity index is 1010. The molecule has 2 aliphatic heterocycles. The number of benzene rings is 2. The van der Waals surface area contributed by atoms with Gasteiger partial charge in [0.25, 0.3) is 0 Å². The number of hydrogen-bond donors (Lipinski definition) is 2. The van der Waals surface area contributed by atoms with Gasteiger partial charge in [0.1, 0.15) is 12.0 Å². The minimum Gasteiger partial charge on any atom is -0.481 e. The number of rotatable bonds is 4. The molecular weight excluding hydrogens is 422 g/mol. The lowest BCUT2D eigenvalue weighted by Gasteiger charge is -2.49. The molecule has 0 spiro atoms. The van der Waals surface area contributed by atoms with Gasteiger partial charge in [-0.1, -0.05) is 48.5 Å². The van der Waals surface area contributed by atoms with Crippen molar-refractivity contribution < 1.29 is 29.3 Å². The van der Waals surface area contributed by atoms with Crippen LogP contribution in [-0.4, -0.2) is 65.7 Å². The number of aliphatic hydroxyl groups is 1. The molecule has 3 aliphatic rings. The molecule has 1 amide bonds. The lowest BCUT2D eigenvalue weighted by atomic mass is 9.63. The molecule has 2 aromatic rings. The number of amides is 1. The molecule has 2 aromatic carbocycles. The van der Waals surface area contributed by atoms with E-state index in [1.807, 2.05) is 24.3 Å². The van der Waals surface area contributed by atoms with Crippen LogP contribution in [0.1, 0.15) is 42.7 Å². The summed E-state index contributed by atoms with van der Waals surface area (Å²) >= 11 is 0. The Morgan fingerprint density at radius 1 is 0.939 bits per heavy atom. The topological polar surface area (TPSA) is 96.3 Å². The maximum absolute atomic E-state index is 12.9. The fourth-order valence-electron chi connectivity index (χ4n) is 5.82. The van der Waals surface area contributed by atoms with Crippen molar-refractivity contribution in [3.05, 3.63) is 59.7 Å². The van der Waals surface area contributed by atoms with Gasteiger partial charge in [0, 0.05) is 32.2 Å². The van der Waals surface area contributed by atoms with Crippen molar-refractivity contribution in [1.82, 2.24) is 4.90 Å². The number of aliphatic carboxylic acids is 1. The van der Waals surface area contributed by atoms with Crippen LogP contribution in [0.15, 0.2) is 48.5 Å². The van der Waals surface area contributed by atoms with Crippen molar-refractivity contribution in [1.29, 1.82) is 0 Å². The average Bonchev–Trinajstić information content (AvgIpc) is 3.17. The highest BCUT2D eigenvalue weighted by atomic mass is 16.6. The largest absolute Gasteiger partial charge is 0.481 e. The molecule has 0 aromatic heterocycles. The second-order valence-corrected chi connectivity index (χ2v) is 9.32. The summed E-state index contributed by atoms with van der Waals surface area (Å²) in [7, 11) is 0. The zero-order valence-electron chi connectivity index (χ0n) is 18.5. The summed E-state index contributed by atoms with van der Waals surface area (Å²) in [4.78, 5) is 26.6.